The Balaban J connectivity index is 2.09. The smallest absolute Gasteiger partial charge is 0.325 e. The number of halogens is 3. The maximum atomic E-state index is 12.7. The fraction of sp³-hybridized carbons (Fsp3) is 0.562. The molecule has 1 saturated heterocycles. The number of hydrogen-bond acceptors (Lipinski definition) is 4. The number of hydrogen-bond donors (Lipinski definition) is 0. The Hall–Kier alpha value is -1.26. The van der Waals surface area contributed by atoms with Gasteiger partial charge >= 0.3 is 6.18 Å². The van der Waals surface area contributed by atoms with Gasteiger partial charge in [0.1, 0.15) is 5.37 Å². The lowest BCUT2D eigenvalue weighted by molar-refractivity contribution is -0.137. The van der Waals surface area contributed by atoms with Crippen LogP contribution in [0.15, 0.2) is 24.3 Å². The molecular weight excluding hydrogens is 389 g/mol. The number of alkyl halides is 3. The maximum Gasteiger partial charge on any atom is 0.416 e. The summed E-state index contributed by atoms with van der Waals surface area (Å²) in [5, 5.41) is -0.410. The van der Waals surface area contributed by atoms with E-state index in [2.05, 4.69) is 0 Å². The number of sulfonamides is 1. The van der Waals surface area contributed by atoms with Crippen LogP contribution in [0.5, 0.6) is 0 Å². The summed E-state index contributed by atoms with van der Waals surface area (Å²) in [4.78, 5) is 13.6. The Kier molecular flexibility index (Phi) is 6.62. The van der Waals surface area contributed by atoms with Crippen molar-refractivity contribution >= 4 is 27.7 Å². The molecule has 1 heterocycles. The molecule has 26 heavy (non-hydrogen) atoms. The van der Waals surface area contributed by atoms with Crippen LogP contribution >= 0.6 is 11.8 Å². The first-order valence-corrected chi connectivity index (χ1v) is 10.7. The zero-order valence-corrected chi connectivity index (χ0v) is 16.1. The van der Waals surface area contributed by atoms with Gasteiger partial charge in [0.05, 0.1) is 17.1 Å². The molecule has 0 unspecified atom stereocenters. The molecule has 1 aliphatic rings. The molecule has 10 heteroatoms. The summed E-state index contributed by atoms with van der Waals surface area (Å²) in [6.45, 7) is 2.11. The molecule has 0 N–H and O–H groups in total. The van der Waals surface area contributed by atoms with Gasteiger partial charge in [-0.25, -0.2) is 12.7 Å². The van der Waals surface area contributed by atoms with E-state index >= 15 is 0 Å². The topological polar surface area (TPSA) is 57.7 Å². The number of likely N-dealkylation sites (N-methyl/N-ethyl adjacent to an activating group) is 1. The highest BCUT2D eigenvalue weighted by Crippen LogP contribution is 2.39. The monoisotopic (exact) mass is 410 g/mol. The van der Waals surface area contributed by atoms with Gasteiger partial charge in [0, 0.05) is 20.1 Å². The number of nitrogens with zero attached hydrogens (tertiary/aromatic N) is 2. The second kappa shape index (κ2) is 8.18. The molecule has 0 aliphatic carbocycles. The highest BCUT2D eigenvalue weighted by Gasteiger charge is 2.35. The predicted octanol–water partition coefficient (Wildman–Crippen LogP) is 2.95. The maximum absolute atomic E-state index is 12.7. The first-order chi connectivity index (χ1) is 12.1. The van der Waals surface area contributed by atoms with E-state index in [0.29, 0.717) is 12.0 Å². The lowest BCUT2D eigenvalue weighted by atomic mass is 10.1. The van der Waals surface area contributed by atoms with Crippen LogP contribution in [0, 0.1) is 0 Å². The van der Waals surface area contributed by atoms with E-state index in [1.54, 1.807) is 6.92 Å². The first kappa shape index (κ1) is 21.0. The molecule has 1 fully saturated rings. The van der Waals surface area contributed by atoms with Crippen molar-refractivity contribution in [2.24, 2.45) is 0 Å². The van der Waals surface area contributed by atoms with Gasteiger partial charge in [-0.1, -0.05) is 19.1 Å². The van der Waals surface area contributed by atoms with Crippen LogP contribution in [0.1, 0.15) is 29.8 Å². The molecule has 0 radical (unpaired) electrons. The minimum Gasteiger partial charge on any atom is -0.325 e. The summed E-state index contributed by atoms with van der Waals surface area (Å²) >= 11 is 1.32. The van der Waals surface area contributed by atoms with Crippen LogP contribution in [-0.4, -0.2) is 55.2 Å². The standard InChI is InChI=1S/C16H21F3N2O3S2/c1-3-10-26(23,24)20(2)8-9-21-14(22)11-25-15(21)12-4-6-13(7-5-12)16(17,18)19/h4-7,15H,3,8-11H2,1-2H3/t15-/m1/s1. The molecule has 0 saturated carbocycles. The van der Waals surface area contributed by atoms with Crippen molar-refractivity contribution in [3.05, 3.63) is 35.4 Å². The average Bonchev–Trinajstić information content (AvgIpc) is 2.92. The van der Waals surface area contributed by atoms with Crippen molar-refractivity contribution in [3.63, 3.8) is 0 Å². The van der Waals surface area contributed by atoms with Crippen molar-refractivity contribution in [1.29, 1.82) is 0 Å². The van der Waals surface area contributed by atoms with Gasteiger partial charge < -0.3 is 4.90 Å². The lowest BCUT2D eigenvalue weighted by Crippen LogP contribution is -2.38. The molecule has 0 bridgehead atoms. The van der Waals surface area contributed by atoms with E-state index in [0.717, 1.165) is 12.1 Å². The molecule has 1 atom stereocenters. The van der Waals surface area contributed by atoms with E-state index in [9.17, 15) is 26.4 Å². The number of carbonyl (C=O) groups excluding carboxylic acids is 1. The summed E-state index contributed by atoms with van der Waals surface area (Å²) in [6, 6.07) is 4.72. The van der Waals surface area contributed by atoms with Crippen LogP contribution in [0.25, 0.3) is 0 Å². The predicted molar refractivity (Wildman–Crippen MR) is 95.1 cm³/mol. The zero-order valence-electron chi connectivity index (χ0n) is 14.5. The summed E-state index contributed by atoms with van der Waals surface area (Å²) in [6.07, 6.45) is -3.91. The van der Waals surface area contributed by atoms with Gasteiger partial charge in [-0.3, -0.25) is 4.79 Å². The highest BCUT2D eigenvalue weighted by molar-refractivity contribution is 8.00. The highest BCUT2D eigenvalue weighted by atomic mass is 32.2. The molecule has 5 nitrogen and oxygen atoms in total. The Bertz CT molecular complexity index is 736. The van der Waals surface area contributed by atoms with E-state index in [4.69, 9.17) is 0 Å². The third kappa shape index (κ3) is 4.92. The van der Waals surface area contributed by atoms with E-state index < -0.39 is 27.1 Å². The van der Waals surface area contributed by atoms with Gasteiger partial charge in [-0.2, -0.15) is 13.2 Å². The van der Waals surface area contributed by atoms with Crippen LogP contribution in [0.4, 0.5) is 13.2 Å². The number of rotatable bonds is 7. The molecule has 1 aromatic carbocycles. The molecule has 0 aromatic heterocycles. The molecule has 2 rings (SSSR count). The summed E-state index contributed by atoms with van der Waals surface area (Å²) in [5.74, 6) is 0.104. The van der Waals surface area contributed by atoms with Crippen LogP contribution in [0.3, 0.4) is 0 Å². The second-order valence-corrected chi connectivity index (χ2v) is 9.27. The summed E-state index contributed by atoms with van der Waals surface area (Å²) in [7, 11) is -1.90. The van der Waals surface area contributed by atoms with Gasteiger partial charge in [-0.05, 0) is 24.1 Å². The molecular formula is C16H21F3N2O3S2. The quantitative estimate of drug-likeness (QED) is 0.694. The van der Waals surface area contributed by atoms with Gasteiger partial charge in [-0.15, -0.1) is 11.8 Å². The molecule has 146 valence electrons. The Labute approximate surface area is 155 Å². The largest absolute Gasteiger partial charge is 0.416 e. The minimum absolute atomic E-state index is 0.0362. The fourth-order valence-corrected chi connectivity index (χ4v) is 5.02. The van der Waals surface area contributed by atoms with Crippen molar-refractivity contribution in [2.75, 3.05) is 31.6 Å². The third-order valence-electron chi connectivity index (χ3n) is 4.08. The number of amides is 1. The second-order valence-electron chi connectivity index (χ2n) is 6.01. The molecule has 1 amide bonds. The number of thioether (sulfide) groups is 1. The first-order valence-electron chi connectivity index (χ1n) is 8.08. The average molecular weight is 410 g/mol. The summed E-state index contributed by atoms with van der Waals surface area (Å²) < 4.78 is 63.3. The van der Waals surface area contributed by atoms with Crippen molar-refractivity contribution < 1.29 is 26.4 Å². The SMILES string of the molecule is CCCS(=O)(=O)N(C)CCN1C(=O)CS[C@@H]1c1ccc(C(F)(F)F)cc1. The minimum atomic E-state index is -4.41. The Morgan fingerprint density at radius 1 is 1.27 bits per heavy atom. The molecule has 0 spiro atoms. The summed E-state index contributed by atoms with van der Waals surface area (Å²) in [5.41, 5.74) is -0.152. The van der Waals surface area contributed by atoms with Crippen LogP contribution in [0.2, 0.25) is 0 Å². The van der Waals surface area contributed by atoms with E-state index in [-0.39, 0.29) is 30.5 Å². The van der Waals surface area contributed by atoms with Gasteiger partial charge in [0.15, 0.2) is 0 Å². The van der Waals surface area contributed by atoms with Crippen molar-refractivity contribution in [3.8, 4) is 0 Å². The number of benzene rings is 1. The van der Waals surface area contributed by atoms with Crippen LogP contribution < -0.4 is 0 Å². The van der Waals surface area contributed by atoms with Gasteiger partial charge in [0.2, 0.25) is 15.9 Å². The van der Waals surface area contributed by atoms with Gasteiger partial charge in [0.25, 0.3) is 0 Å². The molecule has 1 aromatic rings. The Morgan fingerprint density at radius 3 is 2.42 bits per heavy atom. The van der Waals surface area contributed by atoms with E-state index in [1.165, 1.54) is 40.1 Å². The zero-order chi connectivity index (χ0) is 19.5. The normalized spacial score (nSPS) is 18.8. The lowest BCUT2D eigenvalue weighted by Gasteiger charge is -2.26. The Morgan fingerprint density at radius 2 is 1.88 bits per heavy atom. The van der Waals surface area contributed by atoms with E-state index in [1.807, 2.05) is 0 Å². The fourth-order valence-electron chi connectivity index (χ4n) is 2.61. The van der Waals surface area contributed by atoms with Crippen LogP contribution in [-0.2, 0) is 21.0 Å². The van der Waals surface area contributed by atoms with Crippen molar-refractivity contribution in [2.45, 2.75) is 24.9 Å². The van der Waals surface area contributed by atoms with Crippen molar-refractivity contribution in [1.82, 2.24) is 9.21 Å². The molecule has 1 aliphatic heterocycles. The number of carbonyl (C=O) groups is 1. The third-order valence-corrected chi connectivity index (χ3v) is 7.40.